The summed E-state index contributed by atoms with van der Waals surface area (Å²) in [6, 6.07) is 0. The molecule has 0 spiro atoms. The summed E-state index contributed by atoms with van der Waals surface area (Å²) in [5, 5.41) is 0. The van der Waals surface area contributed by atoms with Gasteiger partial charge in [-0.1, -0.05) is 149 Å². The fourth-order valence-electron chi connectivity index (χ4n) is 8.37. The second kappa shape index (κ2) is 46.5. The van der Waals surface area contributed by atoms with Crippen LogP contribution in [0.15, 0.2) is 0 Å². The molecule has 68 heavy (non-hydrogen) atoms. The predicted octanol–water partition coefficient (Wildman–Crippen LogP) is 12.9. The fourth-order valence-corrected chi connectivity index (χ4v) is 8.37. The van der Waals surface area contributed by atoms with Crippen molar-refractivity contribution >= 4 is 30.0 Å². The molecule has 0 aromatic heterocycles. The maximum atomic E-state index is 12.8. The second-order valence-corrected chi connectivity index (χ2v) is 19.5. The molecule has 1 heterocycles. The Morgan fingerprint density at radius 3 is 1.28 bits per heavy atom. The van der Waals surface area contributed by atoms with Crippen LogP contribution in [0.3, 0.4) is 0 Å². The molecule has 0 N–H and O–H groups in total. The van der Waals surface area contributed by atoms with Crippen molar-refractivity contribution in [2.24, 2.45) is 5.92 Å². The van der Waals surface area contributed by atoms with Crippen LogP contribution in [-0.4, -0.2) is 119 Å². The predicted molar refractivity (Wildman–Crippen MR) is 271 cm³/mol. The highest BCUT2D eigenvalue weighted by molar-refractivity contribution is 5.70. The van der Waals surface area contributed by atoms with E-state index in [4.69, 9.17) is 28.4 Å². The minimum atomic E-state index is -0.808. The molecule has 1 unspecified atom stereocenters. The zero-order chi connectivity index (χ0) is 49.6. The van der Waals surface area contributed by atoms with Crippen LogP contribution < -0.4 is 0 Å². The Bertz CT molecular complexity index is 1210. The molecule has 0 radical (unpaired) electrons. The summed E-state index contributed by atoms with van der Waals surface area (Å²) in [6.45, 7) is 12.0. The van der Waals surface area contributed by atoms with E-state index in [-0.39, 0.29) is 63.3 Å². The van der Waals surface area contributed by atoms with E-state index in [0.717, 1.165) is 90.5 Å². The first-order chi connectivity index (χ1) is 33.2. The summed E-state index contributed by atoms with van der Waals surface area (Å²) in [5.41, 5.74) is 0. The van der Waals surface area contributed by atoms with Crippen LogP contribution in [0, 0.1) is 5.92 Å². The van der Waals surface area contributed by atoms with Gasteiger partial charge in [0.2, 0.25) is 0 Å². The van der Waals surface area contributed by atoms with Crippen molar-refractivity contribution in [1.29, 1.82) is 0 Å². The minimum absolute atomic E-state index is 0.0120. The van der Waals surface area contributed by atoms with Crippen LogP contribution >= 0.6 is 0 Å². The zero-order valence-corrected chi connectivity index (χ0v) is 44.2. The fraction of sp³-hybridized carbons (Fsp3) is 0.909. The van der Waals surface area contributed by atoms with E-state index in [9.17, 15) is 24.0 Å². The van der Waals surface area contributed by atoms with E-state index >= 15 is 0 Å². The quantitative estimate of drug-likeness (QED) is 0.0324. The van der Waals surface area contributed by atoms with Crippen LogP contribution in [0.25, 0.3) is 0 Å². The van der Waals surface area contributed by atoms with Crippen LogP contribution in [-0.2, 0) is 47.6 Å². The molecule has 0 bridgehead atoms. The molecular weight excluding hydrogens is 865 g/mol. The smallest absolute Gasteiger partial charge is 0.466 e. The maximum absolute atomic E-state index is 12.8. The average molecular weight is 967 g/mol. The standard InChI is InChI=1S/C55H102N2O11/c1-5-8-11-14-17-18-23-31-44-63-51(58)35-29-24-30-37-53(60)66-47-49(48-67-55(62)64-45-32-39-57-42-40-56(4)41-43-57)46-65-52(59)36-27-21-22-28-38-54(61)68-50(33-25-19-15-12-9-6-2)34-26-20-16-13-10-7-3/h49-50H,5-48H2,1-4H3. The molecule has 1 fully saturated rings. The van der Waals surface area contributed by atoms with Gasteiger partial charge in [0.15, 0.2) is 0 Å². The molecular formula is C55H102N2O11. The third-order valence-electron chi connectivity index (χ3n) is 12.9. The molecule has 0 aromatic carbocycles. The summed E-state index contributed by atoms with van der Waals surface area (Å²) >= 11 is 0. The van der Waals surface area contributed by atoms with E-state index in [1.165, 1.54) is 103 Å². The number of hydrogen-bond donors (Lipinski definition) is 0. The highest BCUT2D eigenvalue weighted by atomic mass is 16.7. The Balaban J connectivity index is 2.42. The number of unbranched alkanes of at least 4 members (excludes halogenated alkanes) is 22. The van der Waals surface area contributed by atoms with E-state index in [1.807, 2.05) is 0 Å². The molecule has 13 heteroatoms. The van der Waals surface area contributed by atoms with Crippen LogP contribution in [0.4, 0.5) is 4.79 Å². The van der Waals surface area contributed by atoms with E-state index in [1.54, 1.807) is 0 Å². The summed E-state index contributed by atoms with van der Waals surface area (Å²) in [7, 11) is 2.11. The van der Waals surface area contributed by atoms with Crippen LogP contribution in [0.2, 0.25) is 0 Å². The van der Waals surface area contributed by atoms with Crippen molar-refractivity contribution in [2.45, 2.75) is 245 Å². The lowest BCUT2D eigenvalue weighted by Crippen LogP contribution is -2.44. The number of carbonyl (C=O) groups is 5. The van der Waals surface area contributed by atoms with Gasteiger partial charge in [-0.3, -0.25) is 19.2 Å². The van der Waals surface area contributed by atoms with E-state index in [2.05, 4.69) is 37.6 Å². The van der Waals surface area contributed by atoms with Gasteiger partial charge in [-0.2, -0.15) is 0 Å². The lowest BCUT2D eigenvalue weighted by Gasteiger charge is -2.32. The first-order valence-electron chi connectivity index (χ1n) is 28.0. The third kappa shape index (κ3) is 40.9. The maximum Gasteiger partial charge on any atom is 0.508 e. The van der Waals surface area contributed by atoms with Crippen LogP contribution in [0.1, 0.15) is 239 Å². The number of carbonyl (C=O) groups excluding carboxylic acids is 5. The Morgan fingerprint density at radius 2 is 0.779 bits per heavy atom. The first-order valence-corrected chi connectivity index (χ1v) is 28.0. The molecule has 0 aliphatic carbocycles. The van der Waals surface area contributed by atoms with E-state index < -0.39 is 18.0 Å². The minimum Gasteiger partial charge on any atom is -0.466 e. The molecule has 1 rings (SSSR count). The van der Waals surface area contributed by atoms with Crippen LogP contribution in [0.5, 0.6) is 0 Å². The Morgan fingerprint density at radius 1 is 0.397 bits per heavy atom. The highest BCUT2D eigenvalue weighted by Gasteiger charge is 2.20. The number of rotatable bonds is 47. The number of esters is 4. The molecule has 1 aliphatic heterocycles. The number of nitrogens with zero attached hydrogens (tertiary/aromatic N) is 2. The monoisotopic (exact) mass is 967 g/mol. The SMILES string of the molecule is CCCCCCCCCCOC(=O)CCCCCC(=O)OCC(COC(=O)CCCCCCC(=O)OC(CCCCCCCC)CCCCCCCC)COC(=O)OCCCN1CCN(C)CC1. The van der Waals surface area contributed by atoms with Gasteiger partial charge in [-0.15, -0.1) is 0 Å². The van der Waals surface area contributed by atoms with Crippen molar-refractivity contribution in [2.75, 3.05) is 72.8 Å². The van der Waals surface area contributed by atoms with Gasteiger partial charge in [0.05, 0.1) is 19.1 Å². The summed E-state index contributed by atoms with van der Waals surface area (Å²) in [5.74, 6) is -1.65. The van der Waals surface area contributed by atoms with Crippen molar-refractivity contribution in [3.63, 3.8) is 0 Å². The Labute approximate surface area is 414 Å². The normalized spacial score (nSPS) is 13.6. The van der Waals surface area contributed by atoms with Crippen molar-refractivity contribution < 1.29 is 52.4 Å². The van der Waals surface area contributed by atoms with E-state index in [0.29, 0.717) is 51.6 Å². The summed E-state index contributed by atoms with van der Waals surface area (Å²) in [4.78, 5) is 67.4. The van der Waals surface area contributed by atoms with Crippen molar-refractivity contribution in [1.82, 2.24) is 9.80 Å². The van der Waals surface area contributed by atoms with Gasteiger partial charge in [0.25, 0.3) is 0 Å². The first kappa shape index (κ1) is 63.1. The number of piperazine rings is 1. The molecule has 1 aliphatic rings. The number of hydrogen-bond acceptors (Lipinski definition) is 13. The Hall–Kier alpha value is -2.93. The topological polar surface area (TPSA) is 147 Å². The molecule has 1 atom stereocenters. The summed E-state index contributed by atoms with van der Waals surface area (Å²) < 4.78 is 33.1. The lowest BCUT2D eigenvalue weighted by molar-refractivity contribution is -0.151. The largest absolute Gasteiger partial charge is 0.508 e. The molecule has 13 nitrogen and oxygen atoms in total. The molecule has 0 aromatic rings. The second-order valence-electron chi connectivity index (χ2n) is 19.5. The van der Waals surface area contributed by atoms with Gasteiger partial charge >= 0.3 is 30.0 Å². The van der Waals surface area contributed by atoms with Gasteiger partial charge in [-0.05, 0) is 71.3 Å². The molecule has 0 amide bonds. The van der Waals surface area contributed by atoms with Crippen molar-refractivity contribution in [3.8, 4) is 0 Å². The lowest BCUT2D eigenvalue weighted by atomic mass is 10.0. The van der Waals surface area contributed by atoms with Gasteiger partial charge < -0.3 is 38.2 Å². The molecule has 1 saturated heterocycles. The number of ether oxygens (including phenoxy) is 6. The van der Waals surface area contributed by atoms with Gasteiger partial charge in [0, 0.05) is 58.4 Å². The van der Waals surface area contributed by atoms with Gasteiger partial charge in [0.1, 0.15) is 25.9 Å². The molecule has 0 saturated carbocycles. The number of likely N-dealkylation sites (N-methyl/N-ethyl adjacent to an activating group) is 1. The molecule has 398 valence electrons. The van der Waals surface area contributed by atoms with Gasteiger partial charge in [-0.25, -0.2) is 4.79 Å². The summed E-state index contributed by atoms with van der Waals surface area (Å²) in [6.07, 6.45) is 32.0. The zero-order valence-electron chi connectivity index (χ0n) is 44.2. The van der Waals surface area contributed by atoms with Crippen molar-refractivity contribution in [3.05, 3.63) is 0 Å². The third-order valence-corrected chi connectivity index (χ3v) is 12.9. The average Bonchev–Trinajstić information content (AvgIpc) is 3.33. The highest BCUT2D eigenvalue weighted by Crippen LogP contribution is 2.19. The Kier molecular flexibility index (Phi) is 43.1.